The second kappa shape index (κ2) is 2.88. The van der Waals surface area contributed by atoms with Gasteiger partial charge in [-0.3, -0.25) is 0 Å². The zero-order valence-corrected chi connectivity index (χ0v) is 6.68. The topological polar surface area (TPSA) is 39.8 Å². The maximum absolute atomic E-state index is 10.8. The minimum Gasteiger partial charge on any atom is -0.710 e. The van der Waals surface area contributed by atoms with Crippen LogP contribution in [0.5, 0.6) is 0 Å². The minimum atomic E-state index is 0.500. The molecule has 0 fully saturated rings. The zero-order chi connectivity index (χ0) is 7.56. The highest BCUT2D eigenvalue weighted by molar-refractivity contribution is 7.98. The van der Waals surface area contributed by atoms with Crippen molar-refractivity contribution >= 4 is 11.8 Å². The molecule has 1 aromatic heterocycles. The van der Waals surface area contributed by atoms with Gasteiger partial charge in [0.15, 0.2) is 5.69 Å². The van der Waals surface area contributed by atoms with Gasteiger partial charge in [0.05, 0.1) is 6.20 Å². The number of nitrogens with zero attached hydrogens (tertiary/aromatic N) is 2. The van der Waals surface area contributed by atoms with Crippen molar-refractivity contribution in [2.75, 3.05) is 6.26 Å². The first kappa shape index (κ1) is 7.34. The standard InChI is InChI=1S/C6H8N2OS/c1-5-3-4-8(9)6(7-5)10-2/h3-4H,1-2H3. The second-order valence-electron chi connectivity index (χ2n) is 1.88. The molecule has 0 aromatic carbocycles. The van der Waals surface area contributed by atoms with Gasteiger partial charge in [-0.05, 0) is 23.0 Å². The lowest BCUT2D eigenvalue weighted by Crippen LogP contribution is -2.29. The molecule has 1 aromatic rings. The normalized spacial score (nSPS) is 9.80. The molecular weight excluding hydrogens is 148 g/mol. The van der Waals surface area contributed by atoms with Crippen molar-refractivity contribution in [1.82, 2.24) is 4.98 Å². The molecule has 10 heavy (non-hydrogen) atoms. The number of aryl methyl sites for hydroxylation is 1. The lowest BCUT2D eigenvalue weighted by molar-refractivity contribution is -0.650. The summed E-state index contributed by atoms with van der Waals surface area (Å²) in [6.45, 7) is 1.86. The number of thioether (sulfide) groups is 1. The van der Waals surface area contributed by atoms with Crippen LogP contribution in [-0.2, 0) is 0 Å². The van der Waals surface area contributed by atoms with Gasteiger partial charge in [0.25, 0.3) is 0 Å². The van der Waals surface area contributed by atoms with Crippen molar-refractivity contribution in [2.24, 2.45) is 0 Å². The quantitative estimate of drug-likeness (QED) is 0.260. The van der Waals surface area contributed by atoms with Crippen LogP contribution in [0.4, 0.5) is 0 Å². The van der Waals surface area contributed by atoms with Crippen LogP contribution in [0.1, 0.15) is 5.69 Å². The summed E-state index contributed by atoms with van der Waals surface area (Å²) in [5.41, 5.74) is 0.872. The average molecular weight is 156 g/mol. The number of hydrogen-bond acceptors (Lipinski definition) is 3. The van der Waals surface area contributed by atoms with E-state index in [4.69, 9.17) is 0 Å². The Bertz CT molecular complexity index is 239. The van der Waals surface area contributed by atoms with Gasteiger partial charge in [0.1, 0.15) is 0 Å². The lowest BCUT2D eigenvalue weighted by atomic mass is 10.5. The van der Waals surface area contributed by atoms with Gasteiger partial charge in [-0.15, -0.1) is 0 Å². The Kier molecular flexibility index (Phi) is 2.11. The van der Waals surface area contributed by atoms with Crippen LogP contribution in [0.3, 0.4) is 0 Å². The van der Waals surface area contributed by atoms with Crippen LogP contribution in [0.25, 0.3) is 0 Å². The summed E-state index contributed by atoms with van der Waals surface area (Å²) in [4.78, 5) is 4.00. The number of hydrogen-bond donors (Lipinski definition) is 0. The van der Waals surface area contributed by atoms with Gasteiger partial charge in [0.2, 0.25) is 0 Å². The van der Waals surface area contributed by atoms with Crippen molar-refractivity contribution in [3.05, 3.63) is 23.2 Å². The molecular formula is C6H8N2OS. The van der Waals surface area contributed by atoms with Crippen LogP contribution in [-0.4, -0.2) is 11.2 Å². The zero-order valence-electron chi connectivity index (χ0n) is 5.87. The number of rotatable bonds is 1. The molecule has 0 bridgehead atoms. The Balaban J connectivity index is 3.09. The summed E-state index contributed by atoms with van der Waals surface area (Å²) in [7, 11) is 0. The summed E-state index contributed by atoms with van der Waals surface area (Å²) in [6, 6.07) is 1.69. The van der Waals surface area contributed by atoms with Crippen molar-refractivity contribution < 1.29 is 4.73 Å². The fourth-order valence-corrected chi connectivity index (χ4v) is 1.09. The van der Waals surface area contributed by atoms with E-state index in [9.17, 15) is 5.21 Å². The minimum absolute atomic E-state index is 0.500. The van der Waals surface area contributed by atoms with Gasteiger partial charge < -0.3 is 5.21 Å². The Morgan fingerprint density at radius 3 is 2.90 bits per heavy atom. The van der Waals surface area contributed by atoms with Gasteiger partial charge in [-0.1, -0.05) is 0 Å². The molecule has 0 saturated heterocycles. The molecule has 1 rings (SSSR count). The average Bonchev–Trinajstić information content (AvgIpc) is 1.94. The molecule has 0 unspecified atom stereocenters. The first-order valence-corrected chi connectivity index (χ1v) is 4.07. The van der Waals surface area contributed by atoms with E-state index in [0.29, 0.717) is 5.16 Å². The first-order chi connectivity index (χ1) is 4.74. The van der Waals surface area contributed by atoms with E-state index in [1.807, 2.05) is 13.2 Å². The molecule has 0 aliphatic carbocycles. The highest BCUT2D eigenvalue weighted by Crippen LogP contribution is 2.04. The molecule has 0 amide bonds. The van der Waals surface area contributed by atoms with E-state index < -0.39 is 0 Å². The van der Waals surface area contributed by atoms with Crippen LogP contribution in [0.15, 0.2) is 17.4 Å². The number of aromatic nitrogens is 2. The third kappa shape index (κ3) is 1.39. The molecule has 0 radical (unpaired) electrons. The second-order valence-corrected chi connectivity index (χ2v) is 2.65. The molecule has 3 nitrogen and oxygen atoms in total. The predicted molar refractivity (Wildman–Crippen MR) is 39.7 cm³/mol. The maximum atomic E-state index is 10.8. The maximum Gasteiger partial charge on any atom is 0.362 e. The molecule has 0 spiro atoms. The fourth-order valence-electron chi connectivity index (χ4n) is 0.612. The van der Waals surface area contributed by atoms with Crippen molar-refractivity contribution in [3.63, 3.8) is 0 Å². The van der Waals surface area contributed by atoms with E-state index in [1.54, 1.807) is 6.07 Å². The summed E-state index contributed by atoms with van der Waals surface area (Å²) in [5.74, 6) is 0. The summed E-state index contributed by atoms with van der Waals surface area (Å²) in [5, 5.41) is 11.3. The summed E-state index contributed by atoms with van der Waals surface area (Å²) in [6.07, 6.45) is 3.30. The third-order valence-corrected chi connectivity index (χ3v) is 1.73. The molecule has 0 N–H and O–H groups in total. The van der Waals surface area contributed by atoms with E-state index in [2.05, 4.69) is 4.98 Å². The van der Waals surface area contributed by atoms with Crippen LogP contribution in [0.2, 0.25) is 0 Å². The smallest absolute Gasteiger partial charge is 0.362 e. The van der Waals surface area contributed by atoms with Crippen molar-refractivity contribution in [1.29, 1.82) is 0 Å². The summed E-state index contributed by atoms with van der Waals surface area (Å²) >= 11 is 1.35. The molecule has 0 saturated carbocycles. The van der Waals surface area contributed by atoms with Gasteiger partial charge in [-0.2, -0.15) is 0 Å². The Hall–Kier alpha value is -0.770. The van der Waals surface area contributed by atoms with Crippen LogP contribution >= 0.6 is 11.8 Å². The lowest BCUT2D eigenvalue weighted by Gasteiger charge is -2.01. The molecule has 1 heterocycles. The Morgan fingerprint density at radius 2 is 2.40 bits per heavy atom. The Labute approximate surface area is 63.7 Å². The third-order valence-electron chi connectivity index (χ3n) is 1.09. The highest BCUT2D eigenvalue weighted by atomic mass is 32.2. The highest BCUT2D eigenvalue weighted by Gasteiger charge is 2.04. The van der Waals surface area contributed by atoms with E-state index in [-0.39, 0.29) is 0 Å². The largest absolute Gasteiger partial charge is 0.710 e. The van der Waals surface area contributed by atoms with Crippen molar-refractivity contribution in [3.8, 4) is 0 Å². The van der Waals surface area contributed by atoms with Gasteiger partial charge in [0, 0.05) is 13.0 Å². The molecule has 0 atom stereocenters. The monoisotopic (exact) mass is 156 g/mol. The summed E-state index contributed by atoms with van der Waals surface area (Å²) < 4.78 is 0.762. The van der Waals surface area contributed by atoms with Gasteiger partial charge >= 0.3 is 5.16 Å². The van der Waals surface area contributed by atoms with Crippen LogP contribution < -0.4 is 4.73 Å². The molecule has 0 aliphatic heterocycles. The van der Waals surface area contributed by atoms with Crippen molar-refractivity contribution in [2.45, 2.75) is 12.1 Å². The first-order valence-electron chi connectivity index (χ1n) is 2.85. The predicted octanol–water partition coefficient (Wildman–Crippen LogP) is 0.745. The molecule has 54 valence electrons. The van der Waals surface area contributed by atoms with Crippen LogP contribution in [0, 0.1) is 12.1 Å². The fraction of sp³-hybridized carbons (Fsp3) is 0.333. The van der Waals surface area contributed by atoms with E-state index >= 15 is 0 Å². The van der Waals surface area contributed by atoms with E-state index in [1.165, 1.54) is 18.0 Å². The molecule has 0 aliphatic rings. The van der Waals surface area contributed by atoms with Gasteiger partial charge in [-0.25, -0.2) is 4.73 Å². The molecule has 4 heteroatoms. The Morgan fingerprint density at radius 1 is 1.70 bits per heavy atom. The van der Waals surface area contributed by atoms with E-state index in [0.717, 1.165) is 10.4 Å². The SMILES string of the molecule is CSc1nc(C)cc[n+]1[O-].